The fourth-order valence-electron chi connectivity index (χ4n) is 1.57. The zero-order valence-electron chi connectivity index (χ0n) is 10.3. The van der Waals surface area contributed by atoms with Gasteiger partial charge in [-0.25, -0.2) is 4.98 Å². The van der Waals surface area contributed by atoms with E-state index in [0.717, 1.165) is 22.2 Å². The van der Waals surface area contributed by atoms with Crippen LogP contribution in [0.25, 0.3) is 0 Å². The highest BCUT2D eigenvalue weighted by Crippen LogP contribution is 2.17. The van der Waals surface area contributed by atoms with E-state index in [-0.39, 0.29) is 6.04 Å². The highest BCUT2D eigenvalue weighted by atomic mass is 32.1. The second-order valence-corrected chi connectivity index (χ2v) is 5.00. The van der Waals surface area contributed by atoms with Crippen molar-refractivity contribution in [1.29, 1.82) is 0 Å². The predicted octanol–water partition coefficient (Wildman–Crippen LogP) is 1.82. The number of aryl methyl sites for hydroxylation is 2. The van der Waals surface area contributed by atoms with Gasteiger partial charge in [-0.1, -0.05) is 0 Å². The van der Waals surface area contributed by atoms with E-state index >= 15 is 0 Å². The summed E-state index contributed by atoms with van der Waals surface area (Å²) < 4.78 is 1.83. The van der Waals surface area contributed by atoms with Crippen LogP contribution in [0.5, 0.6) is 0 Å². The standard InChI is InChI=1S/C11H17N5S/c1-7-4-10(16(3)15-7)13-5-9-6-17-11(14-9)8(2)12/h4,6,8,13H,5,12H2,1-3H3. The molecule has 92 valence electrons. The van der Waals surface area contributed by atoms with E-state index in [2.05, 4.69) is 15.4 Å². The summed E-state index contributed by atoms with van der Waals surface area (Å²) in [4.78, 5) is 4.46. The summed E-state index contributed by atoms with van der Waals surface area (Å²) in [5.41, 5.74) is 7.79. The van der Waals surface area contributed by atoms with Gasteiger partial charge in [0.2, 0.25) is 0 Å². The molecule has 5 nitrogen and oxygen atoms in total. The van der Waals surface area contributed by atoms with E-state index in [1.165, 1.54) is 0 Å². The van der Waals surface area contributed by atoms with Crippen LogP contribution >= 0.6 is 11.3 Å². The zero-order chi connectivity index (χ0) is 12.4. The van der Waals surface area contributed by atoms with Crippen molar-refractivity contribution in [1.82, 2.24) is 14.8 Å². The summed E-state index contributed by atoms with van der Waals surface area (Å²) in [7, 11) is 1.92. The van der Waals surface area contributed by atoms with Crippen molar-refractivity contribution in [2.24, 2.45) is 12.8 Å². The molecule has 2 aromatic rings. The third kappa shape index (κ3) is 2.83. The number of hydrogen-bond donors (Lipinski definition) is 2. The molecule has 0 bridgehead atoms. The fourth-order valence-corrected chi connectivity index (χ4v) is 2.35. The normalized spacial score (nSPS) is 12.7. The number of thiazole rings is 1. The smallest absolute Gasteiger partial charge is 0.124 e. The first kappa shape index (κ1) is 12.1. The molecular formula is C11H17N5S. The maximum atomic E-state index is 5.78. The Bertz CT molecular complexity index is 500. The molecule has 0 radical (unpaired) electrons. The molecular weight excluding hydrogens is 234 g/mol. The van der Waals surface area contributed by atoms with E-state index in [0.29, 0.717) is 6.54 Å². The molecule has 0 aliphatic rings. The SMILES string of the molecule is Cc1cc(NCc2csc(C(C)N)n2)n(C)n1. The van der Waals surface area contributed by atoms with Crippen LogP contribution in [-0.2, 0) is 13.6 Å². The van der Waals surface area contributed by atoms with Gasteiger partial charge in [-0.3, -0.25) is 4.68 Å². The summed E-state index contributed by atoms with van der Waals surface area (Å²) in [5, 5.41) is 10.6. The number of rotatable bonds is 4. The van der Waals surface area contributed by atoms with Crippen LogP contribution < -0.4 is 11.1 Å². The van der Waals surface area contributed by atoms with Crippen molar-refractivity contribution in [2.45, 2.75) is 26.4 Å². The van der Waals surface area contributed by atoms with Crippen LogP contribution in [0, 0.1) is 6.92 Å². The van der Waals surface area contributed by atoms with Gasteiger partial charge >= 0.3 is 0 Å². The highest BCUT2D eigenvalue weighted by molar-refractivity contribution is 7.09. The first-order valence-corrected chi connectivity index (χ1v) is 6.38. The number of anilines is 1. The molecule has 0 saturated heterocycles. The van der Waals surface area contributed by atoms with Crippen LogP contribution in [0.1, 0.15) is 29.4 Å². The van der Waals surface area contributed by atoms with Gasteiger partial charge in [-0.05, 0) is 13.8 Å². The third-order valence-corrected chi connectivity index (χ3v) is 3.51. The molecule has 3 N–H and O–H groups in total. The number of aromatic nitrogens is 3. The van der Waals surface area contributed by atoms with Gasteiger partial charge in [0.05, 0.1) is 24.0 Å². The van der Waals surface area contributed by atoms with Crippen LogP contribution in [0.4, 0.5) is 5.82 Å². The topological polar surface area (TPSA) is 68.8 Å². The minimum absolute atomic E-state index is 0.00713. The lowest BCUT2D eigenvalue weighted by Crippen LogP contribution is -2.07. The molecule has 0 aliphatic heterocycles. The van der Waals surface area contributed by atoms with Crippen LogP contribution in [0.3, 0.4) is 0 Å². The molecule has 0 fully saturated rings. The first-order chi connectivity index (χ1) is 8.06. The van der Waals surface area contributed by atoms with Gasteiger partial charge in [0.15, 0.2) is 0 Å². The van der Waals surface area contributed by atoms with E-state index in [4.69, 9.17) is 5.73 Å². The maximum absolute atomic E-state index is 5.78. The Morgan fingerprint density at radius 1 is 1.59 bits per heavy atom. The molecule has 17 heavy (non-hydrogen) atoms. The lowest BCUT2D eigenvalue weighted by molar-refractivity contribution is 0.755. The van der Waals surface area contributed by atoms with Crippen molar-refractivity contribution in [2.75, 3.05) is 5.32 Å². The summed E-state index contributed by atoms with van der Waals surface area (Å²) in [5.74, 6) is 0.998. The van der Waals surface area contributed by atoms with Crippen molar-refractivity contribution >= 4 is 17.2 Å². The van der Waals surface area contributed by atoms with Gasteiger partial charge in [0, 0.05) is 18.5 Å². The molecule has 2 rings (SSSR count). The molecule has 1 atom stereocenters. The Morgan fingerprint density at radius 3 is 2.88 bits per heavy atom. The van der Waals surface area contributed by atoms with E-state index < -0.39 is 0 Å². The molecule has 0 aliphatic carbocycles. The van der Waals surface area contributed by atoms with Gasteiger partial charge in [0.1, 0.15) is 10.8 Å². The van der Waals surface area contributed by atoms with E-state index in [1.54, 1.807) is 11.3 Å². The van der Waals surface area contributed by atoms with Crippen molar-refractivity contribution < 1.29 is 0 Å². The number of hydrogen-bond acceptors (Lipinski definition) is 5. The van der Waals surface area contributed by atoms with Crippen molar-refractivity contribution in [3.63, 3.8) is 0 Å². The van der Waals surface area contributed by atoms with Crippen molar-refractivity contribution in [3.05, 3.63) is 27.8 Å². The minimum Gasteiger partial charge on any atom is -0.365 e. The Kier molecular flexibility index (Phi) is 3.44. The molecule has 6 heteroatoms. The second kappa shape index (κ2) is 4.85. The Morgan fingerprint density at radius 2 is 2.35 bits per heavy atom. The molecule has 0 saturated carbocycles. The molecule has 2 heterocycles. The predicted molar refractivity (Wildman–Crippen MR) is 70.0 cm³/mol. The summed E-state index contributed by atoms with van der Waals surface area (Å²) in [6, 6.07) is 2.02. The van der Waals surface area contributed by atoms with Crippen LogP contribution in [0.2, 0.25) is 0 Å². The van der Waals surface area contributed by atoms with Gasteiger partial charge < -0.3 is 11.1 Å². The summed E-state index contributed by atoms with van der Waals surface area (Å²) >= 11 is 1.60. The monoisotopic (exact) mass is 251 g/mol. The lowest BCUT2D eigenvalue weighted by atomic mass is 10.4. The minimum atomic E-state index is 0.00713. The number of nitrogens with zero attached hydrogens (tertiary/aromatic N) is 3. The largest absolute Gasteiger partial charge is 0.365 e. The van der Waals surface area contributed by atoms with Gasteiger partial charge in [0.25, 0.3) is 0 Å². The molecule has 0 spiro atoms. The first-order valence-electron chi connectivity index (χ1n) is 5.50. The van der Waals surface area contributed by atoms with Crippen LogP contribution in [0.15, 0.2) is 11.4 Å². The molecule has 0 aromatic carbocycles. The summed E-state index contributed by atoms with van der Waals surface area (Å²) in [6.07, 6.45) is 0. The van der Waals surface area contributed by atoms with E-state index in [9.17, 15) is 0 Å². The van der Waals surface area contributed by atoms with E-state index in [1.807, 2.05) is 37.0 Å². The highest BCUT2D eigenvalue weighted by Gasteiger charge is 2.07. The average molecular weight is 251 g/mol. The Labute approximate surface area is 105 Å². The molecule has 1 unspecified atom stereocenters. The Balaban J connectivity index is 2.00. The fraction of sp³-hybridized carbons (Fsp3) is 0.455. The Hall–Kier alpha value is -1.40. The maximum Gasteiger partial charge on any atom is 0.124 e. The van der Waals surface area contributed by atoms with Gasteiger partial charge in [-0.15, -0.1) is 11.3 Å². The van der Waals surface area contributed by atoms with Crippen molar-refractivity contribution in [3.8, 4) is 0 Å². The number of nitrogens with two attached hydrogens (primary N) is 1. The lowest BCUT2D eigenvalue weighted by Gasteiger charge is -2.03. The summed E-state index contributed by atoms with van der Waals surface area (Å²) in [6.45, 7) is 4.62. The molecule has 0 amide bonds. The zero-order valence-corrected chi connectivity index (χ0v) is 11.1. The van der Waals surface area contributed by atoms with Gasteiger partial charge in [-0.2, -0.15) is 5.10 Å². The van der Waals surface area contributed by atoms with Crippen LogP contribution in [-0.4, -0.2) is 14.8 Å². The molecule has 2 aromatic heterocycles. The second-order valence-electron chi connectivity index (χ2n) is 4.11. The number of nitrogens with one attached hydrogen (secondary N) is 1. The third-order valence-electron chi connectivity index (χ3n) is 2.41. The quantitative estimate of drug-likeness (QED) is 0.869. The average Bonchev–Trinajstić information content (AvgIpc) is 2.82.